The molecule has 0 saturated carbocycles. The number of ether oxygens (including phenoxy) is 1. The number of nitro benzene ring substituents is 1. The molecule has 0 fully saturated rings. The maximum Gasteiger partial charge on any atom is 0.269 e. The predicted molar refractivity (Wildman–Crippen MR) is 143 cm³/mol. The first kappa shape index (κ1) is 25.5. The van der Waals surface area contributed by atoms with Crippen LogP contribution in [-0.2, 0) is 10.5 Å². The van der Waals surface area contributed by atoms with Gasteiger partial charge in [0.1, 0.15) is 5.82 Å². The Hall–Kier alpha value is -4.12. The van der Waals surface area contributed by atoms with Crippen molar-refractivity contribution in [2.24, 2.45) is 5.41 Å². The van der Waals surface area contributed by atoms with Gasteiger partial charge in [0.05, 0.1) is 17.6 Å². The van der Waals surface area contributed by atoms with E-state index in [1.54, 1.807) is 24.3 Å². The quantitative estimate of drug-likeness (QED) is 0.174. The zero-order chi connectivity index (χ0) is 27.2. The average molecular weight is 535 g/mol. The fourth-order valence-corrected chi connectivity index (χ4v) is 5.85. The minimum atomic E-state index is -0.677. The molecule has 0 bridgehead atoms. The lowest BCUT2D eigenvalue weighted by Gasteiger charge is -2.38. The van der Waals surface area contributed by atoms with Gasteiger partial charge in [-0.2, -0.15) is 0 Å². The van der Waals surface area contributed by atoms with E-state index in [0.29, 0.717) is 46.3 Å². The summed E-state index contributed by atoms with van der Waals surface area (Å²) in [6.45, 7) is 4.06. The van der Waals surface area contributed by atoms with Gasteiger partial charge in [-0.05, 0) is 35.1 Å². The Balaban J connectivity index is 1.55. The number of fused-ring (bicyclic) bond motifs is 1. The number of benzene rings is 2. The number of carbonyl (C=O) groups excluding carboxylic acids is 1. The summed E-state index contributed by atoms with van der Waals surface area (Å²) in [6.07, 6.45) is 0.960. The van der Waals surface area contributed by atoms with Crippen LogP contribution in [0, 0.1) is 15.5 Å². The molecule has 0 spiro atoms. The van der Waals surface area contributed by atoms with E-state index in [4.69, 9.17) is 9.72 Å². The van der Waals surface area contributed by atoms with Crippen molar-refractivity contribution in [3.63, 3.8) is 0 Å². The van der Waals surface area contributed by atoms with Gasteiger partial charge in [0.15, 0.2) is 22.4 Å². The number of phenolic OH excluding ortho intramolecular Hbond substituents is 1. The summed E-state index contributed by atoms with van der Waals surface area (Å²) in [7, 11) is 1.44. The third-order valence-electron chi connectivity index (χ3n) is 6.76. The monoisotopic (exact) mass is 534 g/mol. The summed E-state index contributed by atoms with van der Waals surface area (Å²) in [5.74, 6) is 0.305. The first-order chi connectivity index (χ1) is 18.1. The number of phenols is 1. The topological polar surface area (TPSA) is 147 Å². The molecule has 11 heteroatoms. The lowest BCUT2D eigenvalue weighted by molar-refractivity contribution is -0.384. The van der Waals surface area contributed by atoms with E-state index in [1.165, 1.54) is 37.1 Å². The highest BCUT2D eigenvalue weighted by molar-refractivity contribution is 7.98. The first-order valence-electron chi connectivity index (χ1n) is 12.0. The molecule has 3 N–H and O–H groups in total. The normalized spacial score (nSPS) is 17.9. The van der Waals surface area contributed by atoms with Crippen molar-refractivity contribution in [1.82, 2.24) is 9.97 Å². The van der Waals surface area contributed by atoms with Gasteiger partial charge in [-0.3, -0.25) is 19.7 Å². The van der Waals surface area contributed by atoms with E-state index in [-0.39, 0.29) is 33.9 Å². The molecule has 1 unspecified atom stereocenters. The molecule has 1 atom stereocenters. The second kappa shape index (κ2) is 9.64. The number of aromatic nitrogens is 2. The summed E-state index contributed by atoms with van der Waals surface area (Å²) >= 11 is 1.30. The highest BCUT2D eigenvalue weighted by Crippen LogP contribution is 2.48. The van der Waals surface area contributed by atoms with Crippen LogP contribution in [0.15, 0.2) is 63.7 Å². The average Bonchev–Trinajstić information content (AvgIpc) is 2.86. The number of non-ortho nitro benzene ring substituents is 1. The maximum absolute atomic E-state index is 13.5. The lowest BCUT2D eigenvalue weighted by atomic mass is 9.69. The van der Waals surface area contributed by atoms with Crippen molar-refractivity contribution in [1.29, 1.82) is 0 Å². The van der Waals surface area contributed by atoms with Gasteiger partial charge >= 0.3 is 0 Å². The molecule has 10 nitrogen and oxygen atoms in total. The number of nitrogens with one attached hydrogen (secondary N) is 2. The van der Waals surface area contributed by atoms with E-state index in [0.717, 1.165) is 11.3 Å². The molecule has 3 aromatic rings. The van der Waals surface area contributed by atoms with Crippen LogP contribution in [0.1, 0.15) is 49.3 Å². The van der Waals surface area contributed by atoms with E-state index in [1.807, 2.05) is 13.8 Å². The molecule has 2 aromatic carbocycles. The smallest absolute Gasteiger partial charge is 0.269 e. The first-order valence-corrected chi connectivity index (χ1v) is 13.0. The van der Waals surface area contributed by atoms with Gasteiger partial charge in [-0.1, -0.05) is 43.8 Å². The number of H-pyrrole nitrogens is 1. The Kier molecular flexibility index (Phi) is 6.47. The molecule has 0 radical (unpaired) electrons. The molecule has 2 aliphatic rings. The third kappa shape index (κ3) is 4.76. The van der Waals surface area contributed by atoms with Crippen molar-refractivity contribution >= 4 is 29.1 Å². The predicted octanol–water partition coefficient (Wildman–Crippen LogP) is 4.89. The molecule has 196 valence electrons. The zero-order valence-corrected chi connectivity index (χ0v) is 21.8. The SMILES string of the molecule is COc1cc(C2C3=C(CC(C)(C)CC3=O)Nc3nc(SCc4ccc([N+](=O)[O-])cc4)[nH]c(=O)c32)ccc1O. The number of thioether (sulfide) groups is 1. The summed E-state index contributed by atoms with van der Waals surface area (Å²) in [6, 6.07) is 11.0. The molecule has 2 heterocycles. The molecule has 1 aromatic heterocycles. The Morgan fingerprint density at radius 2 is 1.92 bits per heavy atom. The largest absolute Gasteiger partial charge is 0.504 e. The van der Waals surface area contributed by atoms with E-state index >= 15 is 0 Å². The van der Waals surface area contributed by atoms with Crippen LogP contribution in [-0.4, -0.2) is 32.9 Å². The number of aromatic amines is 1. The molecule has 0 saturated heterocycles. The highest BCUT2D eigenvalue weighted by atomic mass is 32.2. The number of Topliss-reactive ketones (excluding diaryl/α,β-unsaturated/α-hetero) is 1. The molecule has 38 heavy (non-hydrogen) atoms. The molecule has 1 aliphatic carbocycles. The number of anilines is 1. The number of aromatic hydroxyl groups is 1. The van der Waals surface area contributed by atoms with Crippen LogP contribution in [0.5, 0.6) is 11.5 Å². The zero-order valence-electron chi connectivity index (χ0n) is 21.0. The van der Waals surface area contributed by atoms with Crippen LogP contribution >= 0.6 is 11.8 Å². The molecule has 1 aliphatic heterocycles. The van der Waals surface area contributed by atoms with E-state index in [9.17, 15) is 24.8 Å². The number of rotatable bonds is 6. The van der Waals surface area contributed by atoms with Crippen LogP contribution in [0.2, 0.25) is 0 Å². The number of ketones is 1. The standard InChI is InChI=1S/C27H26N4O6S/c1-27(2)11-17-22(19(33)12-27)21(15-6-9-18(32)20(10-15)37-3)23-24(28-17)29-26(30-25(23)34)38-13-14-4-7-16(8-5-14)31(35)36/h4-10,21,32H,11-13H2,1-3H3,(H2,28,29,30,34). The van der Waals surface area contributed by atoms with Gasteiger partial charge in [0.25, 0.3) is 11.2 Å². The van der Waals surface area contributed by atoms with Gasteiger partial charge in [0.2, 0.25) is 0 Å². The number of hydrogen-bond acceptors (Lipinski definition) is 9. The van der Waals surface area contributed by atoms with Crippen molar-refractivity contribution in [3.8, 4) is 11.5 Å². The summed E-state index contributed by atoms with van der Waals surface area (Å²) in [5.41, 5.74) is 2.44. The van der Waals surface area contributed by atoms with E-state index in [2.05, 4.69) is 10.3 Å². The minimum absolute atomic E-state index is 0.00852. The Morgan fingerprint density at radius 1 is 1.18 bits per heavy atom. The molecular formula is C27H26N4O6S. The second-order valence-corrected chi connectivity index (χ2v) is 11.1. The van der Waals surface area contributed by atoms with Gasteiger partial charge in [0, 0.05) is 41.5 Å². The van der Waals surface area contributed by atoms with Crippen LogP contribution in [0.3, 0.4) is 0 Å². The molecular weight excluding hydrogens is 508 g/mol. The Morgan fingerprint density at radius 3 is 2.61 bits per heavy atom. The number of methoxy groups -OCH3 is 1. The molecule has 0 amide bonds. The Bertz CT molecular complexity index is 1540. The number of allylic oxidation sites excluding steroid dienone is 2. The van der Waals surface area contributed by atoms with Crippen LogP contribution in [0.4, 0.5) is 11.5 Å². The second-order valence-electron chi connectivity index (χ2n) is 10.2. The number of carbonyl (C=O) groups is 1. The summed E-state index contributed by atoms with van der Waals surface area (Å²) in [4.78, 5) is 44.9. The molecule has 5 rings (SSSR count). The fourth-order valence-electron chi connectivity index (χ4n) is 5.03. The Labute approximate surface area is 222 Å². The van der Waals surface area contributed by atoms with Crippen LogP contribution < -0.4 is 15.6 Å². The number of nitro groups is 1. The van der Waals surface area contributed by atoms with Gasteiger partial charge < -0.3 is 20.1 Å². The highest BCUT2D eigenvalue weighted by Gasteiger charge is 2.42. The third-order valence-corrected chi connectivity index (χ3v) is 7.70. The van der Waals surface area contributed by atoms with Gasteiger partial charge in [-0.15, -0.1) is 0 Å². The minimum Gasteiger partial charge on any atom is -0.504 e. The van der Waals surface area contributed by atoms with Crippen molar-refractivity contribution < 1.29 is 19.6 Å². The van der Waals surface area contributed by atoms with Crippen molar-refractivity contribution in [2.75, 3.05) is 12.4 Å². The summed E-state index contributed by atoms with van der Waals surface area (Å²) in [5, 5.41) is 24.7. The van der Waals surface area contributed by atoms with E-state index < -0.39 is 10.8 Å². The van der Waals surface area contributed by atoms with Gasteiger partial charge in [-0.25, -0.2) is 4.98 Å². The fraction of sp³-hybridized carbons (Fsp3) is 0.296. The van der Waals surface area contributed by atoms with Crippen molar-refractivity contribution in [3.05, 3.63) is 90.9 Å². The van der Waals surface area contributed by atoms with Crippen molar-refractivity contribution in [2.45, 2.75) is 43.5 Å². The lowest BCUT2D eigenvalue weighted by Crippen LogP contribution is -2.37. The van der Waals surface area contributed by atoms with Crippen LogP contribution in [0.25, 0.3) is 0 Å². The number of hydrogen-bond donors (Lipinski definition) is 3. The number of nitrogens with zero attached hydrogens (tertiary/aromatic N) is 2. The maximum atomic E-state index is 13.5. The summed E-state index contributed by atoms with van der Waals surface area (Å²) < 4.78 is 5.30.